The maximum Gasteiger partial charge on any atom is 0.330 e. The Kier molecular flexibility index (Phi) is 3.28. The fourth-order valence-corrected chi connectivity index (χ4v) is 3.89. The van der Waals surface area contributed by atoms with E-state index < -0.39 is 11.2 Å². The maximum atomic E-state index is 12.3. The van der Waals surface area contributed by atoms with E-state index in [0.29, 0.717) is 22.7 Å². The number of halogens is 1. The Balaban J connectivity index is 2.15. The van der Waals surface area contributed by atoms with Crippen LogP contribution in [0.1, 0.15) is 18.9 Å². The van der Waals surface area contributed by atoms with E-state index in [1.54, 1.807) is 17.8 Å². The van der Waals surface area contributed by atoms with E-state index in [4.69, 9.17) is 11.6 Å². The molecule has 1 aliphatic rings. The summed E-state index contributed by atoms with van der Waals surface area (Å²) in [7, 11) is 1.69. The predicted octanol–water partition coefficient (Wildman–Crippen LogP) is 0.867. The van der Waals surface area contributed by atoms with Crippen LogP contribution in [0.2, 0.25) is 5.28 Å². The van der Waals surface area contributed by atoms with Crippen LogP contribution >= 0.6 is 11.6 Å². The van der Waals surface area contributed by atoms with Gasteiger partial charge in [0.2, 0.25) is 5.28 Å². The second-order valence-corrected chi connectivity index (χ2v) is 6.67. The Hall–Kier alpha value is -1.05. The summed E-state index contributed by atoms with van der Waals surface area (Å²) in [6, 6.07) is 0.0415. The van der Waals surface area contributed by atoms with Gasteiger partial charge in [0.15, 0.2) is 5.65 Å². The second-order valence-electron chi connectivity index (χ2n) is 4.64. The monoisotopic (exact) mass is 300 g/mol. The summed E-state index contributed by atoms with van der Waals surface area (Å²) in [6.45, 7) is 0. The highest BCUT2D eigenvalue weighted by Gasteiger charge is 2.27. The Morgan fingerprint density at radius 1 is 1.47 bits per heavy atom. The number of aromatic nitrogens is 4. The van der Waals surface area contributed by atoms with Crippen LogP contribution in [0.4, 0.5) is 0 Å². The van der Waals surface area contributed by atoms with E-state index in [1.165, 1.54) is 4.57 Å². The van der Waals surface area contributed by atoms with Gasteiger partial charge in [-0.3, -0.25) is 9.13 Å². The fraction of sp³-hybridized carbons (Fsp3) is 0.545. The van der Waals surface area contributed by atoms with Crippen molar-refractivity contribution in [3.8, 4) is 0 Å². The molecule has 3 heterocycles. The van der Waals surface area contributed by atoms with E-state index in [9.17, 15) is 9.35 Å². The standard InChI is InChI=1S/C11H13ClN4O2S/c1-15-8-6-13-10(12)14-9(8)16(11(15)17)7-2-4-19(18)5-3-7/h6-7H,2-5H2,1H3. The number of rotatable bonds is 1. The molecule has 8 heteroatoms. The topological polar surface area (TPSA) is 75.8 Å². The highest BCUT2D eigenvalue weighted by molar-refractivity contribution is 7.91. The second kappa shape index (κ2) is 4.81. The normalized spacial score (nSPS) is 23.9. The molecule has 1 saturated heterocycles. The number of nitrogens with zero attached hydrogens (tertiary/aromatic N) is 4. The van der Waals surface area contributed by atoms with Crippen molar-refractivity contribution in [2.75, 3.05) is 11.5 Å². The van der Waals surface area contributed by atoms with Crippen molar-refractivity contribution < 1.29 is 4.55 Å². The summed E-state index contributed by atoms with van der Waals surface area (Å²) in [6.07, 6.45) is 3.02. The summed E-state index contributed by atoms with van der Waals surface area (Å²) in [5, 5.41) is 0.131. The first-order valence-corrected chi connectivity index (χ1v) is 7.89. The van der Waals surface area contributed by atoms with Crippen LogP contribution in [-0.4, -0.2) is 35.2 Å². The number of fused-ring (bicyclic) bond motifs is 1. The van der Waals surface area contributed by atoms with Gasteiger partial charge in [0, 0.05) is 25.9 Å². The lowest BCUT2D eigenvalue weighted by Crippen LogP contribution is -2.32. The van der Waals surface area contributed by atoms with Gasteiger partial charge in [-0.1, -0.05) is 11.2 Å². The molecule has 0 spiro atoms. The van der Waals surface area contributed by atoms with Crippen LogP contribution < -0.4 is 5.69 Å². The average Bonchev–Trinajstić information content (AvgIpc) is 2.63. The van der Waals surface area contributed by atoms with Crippen molar-refractivity contribution in [1.29, 1.82) is 0 Å². The van der Waals surface area contributed by atoms with Gasteiger partial charge in [0.05, 0.1) is 6.20 Å². The zero-order valence-electron chi connectivity index (χ0n) is 10.4. The van der Waals surface area contributed by atoms with Crippen LogP contribution in [0.25, 0.3) is 11.2 Å². The minimum absolute atomic E-state index is 0.0415. The highest BCUT2D eigenvalue weighted by atomic mass is 35.5. The maximum absolute atomic E-state index is 12.3. The molecule has 0 bridgehead atoms. The summed E-state index contributed by atoms with van der Waals surface area (Å²) >= 11 is 5.07. The van der Waals surface area contributed by atoms with Crippen molar-refractivity contribution in [3.63, 3.8) is 0 Å². The number of hydrogen-bond donors (Lipinski definition) is 0. The zero-order chi connectivity index (χ0) is 13.6. The minimum Gasteiger partial charge on any atom is -0.616 e. The van der Waals surface area contributed by atoms with Crippen molar-refractivity contribution in [2.24, 2.45) is 7.05 Å². The van der Waals surface area contributed by atoms with Gasteiger partial charge in [-0.2, -0.15) is 4.98 Å². The zero-order valence-corrected chi connectivity index (χ0v) is 11.9. The largest absolute Gasteiger partial charge is 0.616 e. The molecule has 0 N–H and O–H groups in total. The van der Waals surface area contributed by atoms with Gasteiger partial charge in [-0.15, -0.1) is 0 Å². The number of aryl methyl sites for hydroxylation is 1. The molecule has 19 heavy (non-hydrogen) atoms. The summed E-state index contributed by atoms with van der Waals surface area (Å²) in [4.78, 5) is 20.4. The number of hydrogen-bond acceptors (Lipinski definition) is 4. The number of imidazole rings is 1. The Morgan fingerprint density at radius 2 is 2.16 bits per heavy atom. The first kappa shape index (κ1) is 13.0. The van der Waals surface area contributed by atoms with E-state index in [1.807, 2.05) is 0 Å². The van der Waals surface area contributed by atoms with Gasteiger partial charge in [-0.25, -0.2) is 9.78 Å². The first-order chi connectivity index (χ1) is 9.08. The molecule has 1 aliphatic heterocycles. The third-order valence-corrected chi connectivity index (χ3v) is 5.09. The molecule has 0 aliphatic carbocycles. The third kappa shape index (κ3) is 2.15. The van der Waals surface area contributed by atoms with Crippen molar-refractivity contribution in [2.45, 2.75) is 18.9 Å². The molecule has 2 aromatic rings. The van der Waals surface area contributed by atoms with Crippen LogP contribution in [0, 0.1) is 0 Å². The van der Waals surface area contributed by atoms with E-state index in [0.717, 1.165) is 12.8 Å². The Labute approximate surface area is 117 Å². The van der Waals surface area contributed by atoms with Gasteiger partial charge in [0.1, 0.15) is 17.0 Å². The van der Waals surface area contributed by atoms with Crippen molar-refractivity contribution in [3.05, 3.63) is 22.0 Å². The summed E-state index contributed by atoms with van der Waals surface area (Å²) in [5.74, 6) is 1.26. The molecule has 0 radical (unpaired) electrons. The predicted molar refractivity (Wildman–Crippen MR) is 73.9 cm³/mol. The molecule has 0 aromatic carbocycles. The lowest BCUT2D eigenvalue weighted by molar-refractivity contribution is 0.443. The summed E-state index contributed by atoms with van der Waals surface area (Å²) < 4.78 is 14.6. The molecule has 0 unspecified atom stereocenters. The van der Waals surface area contributed by atoms with Crippen LogP contribution in [0.5, 0.6) is 0 Å². The van der Waals surface area contributed by atoms with Crippen LogP contribution in [0.3, 0.4) is 0 Å². The smallest absolute Gasteiger partial charge is 0.330 e. The van der Waals surface area contributed by atoms with Gasteiger partial charge in [0.25, 0.3) is 0 Å². The highest BCUT2D eigenvalue weighted by Crippen LogP contribution is 2.25. The van der Waals surface area contributed by atoms with Crippen LogP contribution in [-0.2, 0) is 18.2 Å². The van der Waals surface area contributed by atoms with Gasteiger partial charge in [-0.05, 0) is 11.6 Å². The van der Waals surface area contributed by atoms with E-state index >= 15 is 0 Å². The molecule has 6 nitrogen and oxygen atoms in total. The molecule has 0 atom stereocenters. The molecule has 2 aromatic heterocycles. The summed E-state index contributed by atoms with van der Waals surface area (Å²) in [5.41, 5.74) is 1.11. The SMILES string of the molecule is Cn1c(=O)n(C2CC[S+]([O-])CC2)c2nc(Cl)ncc21. The van der Waals surface area contributed by atoms with E-state index in [-0.39, 0.29) is 17.0 Å². The Bertz CT molecular complexity index is 675. The lowest BCUT2D eigenvalue weighted by atomic mass is 10.1. The van der Waals surface area contributed by atoms with E-state index in [2.05, 4.69) is 9.97 Å². The first-order valence-electron chi connectivity index (χ1n) is 6.02. The molecule has 102 valence electrons. The van der Waals surface area contributed by atoms with Crippen molar-refractivity contribution >= 4 is 33.9 Å². The molecule has 0 amide bonds. The Morgan fingerprint density at radius 3 is 2.84 bits per heavy atom. The van der Waals surface area contributed by atoms with Crippen LogP contribution in [0.15, 0.2) is 11.0 Å². The van der Waals surface area contributed by atoms with Gasteiger partial charge >= 0.3 is 5.69 Å². The molecule has 1 fully saturated rings. The molecule has 3 rings (SSSR count). The van der Waals surface area contributed by atoms with Crippen molar-refractivity contribution in [1.82, 2.24) is 19.1 Å². The minimum atomic E-state index is -0.754. The van der Waals surface area contributed by atoms with Gasteiger partial charge < -0.3 is 4.55 Å². The average molecular weight is 301 g/mol. The third-order valence-electron chi connectivity index (χ3n) is 3.53. The molecule has 0 saturated carbocycles. The lowest BCUT2D eigenvalue weighted by Gasteiger charge is -2.24. The molecular weight excluding hydrogens is 288 g/mol. The quantitative estimate of drug-likeness (QED) is 0.578. The fourth-order valence-electron chi connectivity index (χ4n) is 2.48. The molecular formula is C11H13ClN4O2S.